The molecule has 0 aromatic heterocycles. The molecule has 0 aliphatic carbocycles. The molecule has 1 unspecified atom stereocenters. The molecule has 4 nitrogen and oxygen atoms in total. The number of nitrogens with zero attached hydrogens (tertiary/aromatic N) is 1. The van der Waals surface area contributed by atoms with E-state index < -0.39 is 11.0 Å². The van der Waals surface area contributed by atoms with Crippen LogP contribution in [-0.2, 0) is 14.3 Å². The lowest BCUT2D eigenvalue weighted by molar-refractivity contribution is -0.150. The van der Waals surface area contributed by atoms with Crippen LogP contribution in [0, 0.1) is 16.7 Å². The molecular weight excluding hydrogens is 182 g/mol. The molecule has 1 aliphatic heterocycles. The Morgan fingerprint density at radius 3 is 2.64 bits per heavy atom. The highest BCUT2D eigenvalue weighted by molar-refractivity contribution is 5.82. The van der Waals surface area contributed by atoms with E-state index in [2.05, 4.69) is 6.07 Å². The second-order valence-corrected chi connectivity index (χ2v) is 4.18. The van der Waals surface area contributed by atoms with E-state index in [-0.39, 0.29) is 5.97 Å². The molecule has 4 heteroatoms. The summed E-state index contributed by atoms with van der Waals surface area (Å²) in [5.74, 6) is -0.344. The van der Waals surface area contributed by atoms with E-state index in [1.807, 2.05) is 0 Å². The van der Waals surface area contributed by atoms with Gasteiger partial charge in [0.15, 0.2) is 5.60 Å². The maximum absolute atomic E-state index is 11.5. The molecule has 0 aromatic carbocycles. The van der Waals surface area contributed by atoms with Crippen molar-refractivity contribution in [3.8, 4) is 6.07 Å². The number of nitriles is 1. The lowest BCUT2D eigenvalue weighted by Gasteiger charge is -2.19. The molecule has 1 atom stereocenters. The van der Waals surface area contributed by atoms with Crippen molar-refractivity contribution in [3.63, 3.8) is 0 Å². The van der Waals surface area contributed by atoms with Crippen LogP contribution in [0.1, 0.15) is 27.2 Å². The van der Waals surface area contributed by atoms with Crippen LogP contribution in [0.15, 0.2) is 0 Å². The molecule has 14 heavy (non-hydrogen) atoms. The number of epoxide rings is 1. The first kappa shape index (κ1) is 11.0. The summed E-state index contributed by atoms with van der Waals surface area (Å²) in [5.41, 5.74) is -1.39. The van der Waals surface area contributed by atoms with Gasteiger partial charge in [-0.2, -0.15) is 5.26 Å². The third-order valence-corrected chi connectivity index (χ3v) is 2.17. The SMILES string of the molecule is CCOC(=O)C1(CC(C)(C)C#N)CO1. The zero-order chi connectivity index (χ0) is 10.8. The molecule has 1 aliphatic rings. The van der Waals surface area contributed by atoms with Crippen molar-refractivity contribution in [2.75, 3.05) is 13.2 Å². The Hall–Kier alpha value is -1.08. The highest BCUT2D eigenvalue weighted by Gasteiger charge is 2.56. The van der Waals surface area contributed by atoms with Gasteiger partial charge in [-0.1, -0.05) is 0 Å². The van der Waals surface area contributed by atoms with Crippen LogP contribution in [0.2, 0.25) is 0 Å². The van der Waals surface area contributed by atoms with Crippen LogP contribution < -0.4 is 0 Å². The zero-order valence-corrected chi connectivity index (χ0v) is 8.79. The molecule has 1 rings (SSSR count). The Balaban J connectivity index is 2.60. The van der Waals surface area contributed by atoms with Gasteiger partial charge < -0.3 is 9.47 Å². The van der Waals surface area contributed by atoms with Gasteiger partial charge in [0, 0.05) is 6.42 Å². The fraction of sp³-hybridized carbons (Fsp3) is 0.800. The Labute approximate surface area is 83.8 Å². The molecule has 0 N–H and O–H groups in total. The van der Waals surface area contributed by atoms with Gasteiger partial charge in [0.2, 0.25) is 0 Å². The fourth-order valence-corrected chi connectivity index (χ4v) is 1.40. The lowest BCUT2D eigenvalue weighted by atomic mass is 9.84. The second-order valence-electron chi connectivity index (χ2n) is 4.18. The van der Waals surface area contributed by atoms with Gasteiger partial charge >= 0.3 is 5.97 Å². The van der Waals surface area contributed by atoms with Gasteiger partial charge in [0.05, 0.1) is 24.7 Å². The van der Waals surface area contributed by atoms with Crippen molar-refractivity contribution in [2.24, 2.45) is 5.41 Å². The first-order valence-corrected chi connectivity index (χ1v) is 4.68. The van der Waals surface area contributed by atoms with Gasteiger partial charge in [-0.05, 0) is 20.8 Å². The van der Waals surface area contributed by atoms with Gasteiger partial charge in [-0.3, -0.25) is 0 Å². The molecule has 1 fully saturated rings. The van der Waals surface area contributed by atoms with E-state index in [0.717, 1.165) is 0 Å². The predicted molar refractivity (Wildman–Crippen MR) is 49.3 cm³/mol. The number of hydrogen-bond acceptors (Lipinski definition) is 4. The Morgan fingerprint density at radius 1 is 1.71 bits per heavy atom. The summed E-state index contributed by atoms with van der Waals surface area (Å²) in [6.07, 6.45) is 0.398. The van der Waals surface area contributed by atoms with Crippen LogP contribution in [0.25, 0.3) is 0 Å². The smallest absolute Gasteiger partial charge is 0.340 e. The van der Waals surface area contributed by atoms with Crippen LogP contribution >= 0.6 is 0 Å². The highest BCUT2D eigenvalue weighted by atomic mass is 16.6. The summed E-state index contributed by atoms with van der Waals surface area (Å²) >= 11 is 0. The van der Waals surface area contributed by atoms with Gasteiger partial charge in [-0.25, -0.2) is 4.79 Å². The summed E-state index contributed by atoms with van der Waals surface area (Å²) in [6, 6.07) is 2.15. The van der Waals surface area contributed by atoms with Crippen molar-refractivity contribution in [1.82, 2.24) is 0 Å². The maximum atomic E-state index is 11.5. The zero-order valence-electron chi connectivity index (χ0n) is 8.79. The summed E-state index contributed by atoms with van der Waals surface area (Å²) in [5, 5.41) is 8.84. The molecule has 78 valence electrons. The average Bonchev–Trinajstić information content (AvgIpc) is 2.86. The number of hydrogen-bond donors (Lipinski definition) is 0. The topological polar surface area (TPSA) is 62.6 Å². The van der Waals surface area contributed by atoms with E-state index in [1.54, 1.807) is 20.8 Å². The predicted octanol–water partition coefficient (Wildman–Crippen LogP) is 1.26. The molecule has 0 aromatic rings. The van der Waals surface area contributed by atoms with E-state index in [9.17, 15) is 4.79 Å². The third-order valence-electron chi connectivity index (χ3n) is 2.17. The number of carbonyl (C=O) groups excluding carboxylic acids is 1. The molecule has 0 spiro atoms. The number of ether oxygens (including phenoxy) is 2. The maximum Gasteiger partial charge on any atom is 0.340 e. The summed E-state index contributed by atoms with van der Waals surface area (Å²) in [6.45, 7) is 6.04. The standard InChI is InChI=1S/C10H15NO3/c1-4-13-8(12)10(7-14-10)5-9(2,3)6-11/h4-5,7H2,1-3H3. The van der Waals surface area contributed by atoms with Crippen molar-refractivity contribution >= 4 is 5.97 Å². The Kier molecular flexibility index (Phi) is 2.81. The van der Waals surface area contributed by atoms with Crippen LogP contribution in [0.4, 0.5) is 0 Å². The molecule has 0 radical (unpaired) electrons. The molecular formula is C10H15NO3. The minimum absolute atomic E-state index is 0.344. The molecule has 0 saturated carbocycles. The molecule has 1 heterocycles. The normalized spacial score (nSPS) is 25.3. The lowest BCUT2D eigenvalue weighted by Crippen LogP contribution is -2.32. The van der Waals surface area contributed by atoms with E-state index in [0.29, 0.717) is 19.6 Å². The van der Waals surface area contributed by atoms with Crippen molar-refractivity contribution in [2.45, 2.75) is 32.8 Å². The van der Waals surface area contributed by atoms with E-state index >= 15 is 0 Å². The van der Waals surface area contributed by atoms with Gasteiger partial charge in [-0.15, -0.1) is 0 Å². The van der Waals surface area contributed by atoms with Crippen LogP contribution in [-0.4, -0.2) is 24.8 Å². The van der Waals surface area contributed by atoms with E-state index in [1.165, 1.54) is 0 Å². The third kappa shape index (κ3) is 2.24. The minimum Gasteiger partial charge on any atom is -0.464 e. The first-order chi connectivity index (χ1) is 6.46. The minimum atomic E-state index is -0.838. The highest BCUT2D eigenvalue weighted by Crippen LogP contribution is 2.39. The number of rotatable bonds is 4. The first-order valence-electron chi connectivity index (χ1n) is 4.68. The largest absolute Gasteiger partial charge is 0.464 e. The second kappa shape index (κ2) is 3.58. The summed E-state index contributed by atoms with van der Waals surface area (Å²) in [4.78, 5) is 11.5. The van der Waals surface area contributed by atoms with Gasteiger partial charge in [0.1, 0.15) is 0 Å². The van der Waals surface area contributed by atoms with Crippen molar-refractivity contribution < 1.29 is 14.3 Å². The van der Waals surface area contributed by atoms with E-state index in [4.69, 9.17) is 14.7 Å². The van der Waals surface area contributed by atoms with Crippen LogP contribution in [0.5, 0.6) is 0 Å². The van der Waals surface area contributed by atoms with Crippen LogP contribution in [0.3, 0.4) is 0 Å². The van der Waals surface area contributed by atoms with Gasteiger partial charge in [0.25, 0.3) is 0 Å². The van der Waals surface area contributed by atoms with Crippen molar-refractivity contribution in [1.29, 1.82) is 5.26 Å². The molecule has 0 bridgehead atoms. The monoisotopic (exact) mass is 197 g/mol. The molecule has 1 saturated heterocycles. The number of esters is 1. The Bertz CT molecular complexity index is 274. The average molecular weight is 197 g/mol. The van der Waals surface area contributed by atoms with Crippen molar-refractivity contribution in [3.05, 3.63) is 0 Å². The summed E-state index contributed by atoms with van der Waals surface area (Å²) in [7, 11) is 0. The quantitative estimate of drug-likeness (QED) is 0.502. The molecule has 0 amide bonds. The fourth-order valence-electron chi connectivity index (χ4n) is 1.40. The Morgan fingerprint density at radius 2 is 2.29 bits per heavy atom. The number of carbonyl (C=O) groups is 1. The summed E-state index contributed by atoms with van der Waals surface area (Å²) < 4.78 is 10.0.